The Balaban J connectivity index is 1.49. The number of unbranched alkanes of at least 4 members (excludes halogenated alkanes) is 4. The Morgan fingerprint density at radius 1 is 1.00 bits per heavy atom. The highest BCUT2D eigenvalue weighted by atomic mass is 79.9. The lowest BCUT2D eigenvalue weighted by Crippen LogP contribution is -2.13. The first-order valence-corrected chi connectivity index (χ1v) is 12.1. The van der Waals surface area contributed by atoms with Gasteiger partial charge in [0.1, 0.15) is 5.69 Å². The number of para-hydroxylation sites is 1. The number of hydrogen-bond donors (Lipinski definition) is 4. The molecule has 4 rings (SSSR count). The van der Waals surface area contributed by atoms with E-state index < -0.39 is 0 Å². The summed E-state index contributed by atoms with van der Waals surface area (Å²) in [6.07, 6.45) is 5.94. The lowest BCUT2D eigenvalue weighted by atomic mass is 10.1. The highest BCUT2D eigenvalue weighted by Gasteiger charge is 2.17. The number of nitrogens with zero attached hydrogens (tertiary/aromatic N) is 3. The summed E-state index contributed by atoms with van der Waals surface area (Å²) in [4.78, 5) is 28.6. The SMILES string of the molecule is CCCCCCCC(=O)Nc1cccc2cc(C(=O)Nc3ccc(Br)cc3-c3nn[nH]n3)[nH]c12. The first kappa shape index (κ1) is 23.6. The Hall–Kier alpha value is -3.53. The standard InChI is InChI=1S/C24H26BrN7O2/c1-2-3-4-5-6-10-21(33)26-19-9-7-8-15-13-20(27-22(15)19)24(34)28-18-12-11-16(25)14-17(18)23-29-31-32-30-23/h7-9,11-14,27H,2-6,10H2,1H3,(H,26,33)(H,28,34)(H,29,30,31,32). The van der Waals surface area contributed by atoms with Crippen molar-refractivity contribution < 1.29 is 9.59 Å². The summed E-state index contributed by atoms with van der Waals surface area (Å²) < 4.78 is 0.821. The van der Waals surface area contributed by atoms with Crippen LogP contribution in [0.2, 0.25) is 0 Å². The predicted octanol–water partition coefficient (Wildman–Crippen LogP) is 5.66. The van der Waals surface area contributed by atoms with Gasteiger partial charge in [-0.15, -0.1) is 10.2 Å². The second-order valence-electron chi connectivity index (χ2n) is 8.04. The van der Waals surface area contributed by atoms with Crippen molar-refractivity contribution in [3.05, 3.63) is 52.6 Å². The van der Waals surface area contributed by atoms with Crippen LogP contribution in [0.25, 0.3) is 22.3 Å². The molecule has 34 heavy (non-hydrogen) atoms. The molecule has 2 amide bonds. The maximum absolute atomic E-state index is 13.0. The molecule has 10 heteroatoms. The fraction of sp³-hybridized carbons (Fsp3) is 0.292. The van der Waals surface area contributed by atoms with Crippen molar-refractivity contribution in [1.29, 1.82) is 0 Å². The number of hydrogen-bond acceptors (Lipinski definition) is 5. The van der Waals surface area contributed by atoms with Crippen molar-refractivity contribution in [3.63, 3.8) is 0 Å². The molecule has 0 aliphatic heterocycles. The predicted molar refractivity (Wildman–Crippen MR) is 136 cm³/mol. The fourth-order valence-corrected chi connectivity index (χ4v) is 4.12. The van der Waals surface area contributed by atoms with Gasteiger partial charge in [-0.2, -0.15) is 5.21 Å². The average Bonchev–Trinajstić information content (AvgIpc) is 3.51. The number of H-pyrrole nitrogens is 2. The van der Waals surface area contributed by atoms with E-state index in [2.05, 4.69) is 59.1 Å². The van der Waals surface area contributed by atoms with Gasteiger partial charge >= 0.3 is 0 Å². The average molecular weight is 524 g/mol. The van der Waals surface area contributed by atoms with E-state index in [1.807, 2.05) is 30.3 Å². The highest BCUT2D eigenvalue weighted by Crippen LogP contribution is 2.29. The van der Waals surface area contributed by atoms with Crippen LogP contribution in [0, 0.1) is 0 Å². The number of rotatable bonds is 10. The van der Waals surface area contributed by atoms with E-state index in [1.54, 1.807) is 12.1 Å². The number of amides is 2. The third-order valence-electron chi connectivity index (χ3n) is 5.50. The number of benzene rings is 2. The molecule has 0 atom stereocenters. The van der Waals surface area contributed by atoms with E-state index in [0.717, 1.165) is 29.1 Å². The second-order valence-corrected chi connectivity index (χ2v) is 8.96. The molecule has 0 spiro atoms. The molecule has 0 aliphatic rings. The van der Waals surface area contributed by atoms with Crippen molar-refractivity contribution in [3.8, 4) is 11.4 Å². The molecule has 2 aromatic carbocycles. The molecule has 4 N–H and O–H groups in total. The van der Waals surface area contributed by atoms with Crippen molar-refractivity contribution in [2.24, 2.45) is 0 Å². The smallest absolute Gasteiger partial charge is 0.272 e. The Morgan fingerprint density at radius 2 is 1.85 bits per heavy atom. The summed E-state index contributed by atoms with van der Waals surface area (Å²) in [5.74, 6) is 0.0219. The number of aromatic nitrogens is 5. The number of aromatic amines is 2. The van der Waals surface area contributed by atoms with Gasteiger partial charge in [0.2, 0.25) is 11.7 Å². The summed E-state index contributed by atoms with van der Waals surface area (Å²) in [7, 11) is 0. The zero-order valence-electron chi connectivity index (χ0n) is 18.8. The number of fused-ring (bicyclic) bond motifs is 1. The Labute approximate surface area is 205 Å². The normalized spacial score (nSPS) is 11.0. The molecule has 4 aromatic rings. The summed E-state index contributed by atoms with van der Waals surface area (Å²) in [5, 5.41) is 20.8. The zero-order chi connectivity index (χ0) is 23.9. The van der Waals surface area contributed by atoms with Crippen LogP contribution in [0.1, 0.15) is 55.9 Å². The summed E-state index contributed by atoms with van der Waals surface area (Å²) in [6.45, 7) is 2.17. The van der Waals surface area contributed by atoms with E-state index in [9.17, 15) is 9.59 Å². The van der Waals surface area contributed by atoms with E-state index in [1.165, 1.54) is 12.8 Å². The molecule has 0 aliphatic carbocycles. The molecule has 0 saturated heterocycles. The number of halogens is 1. The third kappa shape index (κ3) is 5.69. The number of tetrazole rings is 1. The minimum Gasteiger partial charge on any atom is -0.349 e. The van der Waals surface area contributed by atoms with Gasteiger partial charge in [0.25, 0.3) is 5.91 Å². The van der Waals surface area contributed by atoms with Crippen LogP contribution in [0.3, 0.4) is 0 Å². The van der Waals surface area contributed by atoms with E-state index in [-0.39, 0.29) is 11.8 Å². The largest absolute Gasteiger partial charge is 0.349 e. The maximum Gasteiger partial charge on any atom is 0.272 e. The van der Waals surface area contributed by atoms with Crippen LogP contribution in [0.15, 0.2) is 46.9 Å². The Bertz CT molecular complexity index is 1280. The summed E-state index contributed by atoms with van der Waals surface area (Å²) in [6, 6.07) is 12.7. The van der Waals surface area contributed by atoms with Crippen LogP contribution in [0.5, 0.6) is 0 Å². The summed E-state index contributed by atoms with van der Waals surface area (Å²) in [5.41, 5.74) is 2.91. The number of nitrogens with one attached hydrogen (secondary N) is 4. The van der Waals surface area contributed by atoms with Crippen LogP contribution in [0.4, 0.5) is 11.4 Å². The van der Waals surface area contributed by atoms with Crippen molar-refractivity contribution >= 4 is 50.0 Å². The van der Waals surface area contributed by atoms with Gasteiger partial charge < -0.3 is 15.6 Å². The molecule has 0 bridgehead atoms. The first-order chi connectivity index (χ1) is 16.5. The molecule has 0 saturated carbocycles. The van der Waals surface area contributed by atoms with Crippen LogP contribution in [-0.2, 0) is 4.79 Å². The minimum absolute atomic E-state index is 0.0239. The van der Waals surface area contributed by atoms with Gasteiger partial charge in [0.15, 0.2) is 0 Å². The van der Waals surface area contributed by atoms with Crippen LogP contribution >= 0.6 is 15.9 Å². The van der Waals surface area contributed by atoms with Gasteiger partial charge in [0.05, 0.1) is 16.9 Å². The Kier molecular flexibility index (Phi) is 7.69. The monoisotopic (exact) mass is 523 g/mol. The fourth-order valence-electron chi connectivity index (χ4n) is 3.76. The quantitative estimate of drug-likeness (QED) is 0.199. The van der Waals surface area contributed by atoms with E-state index >= 15 is 0 Å². The lowest BCUT2D eigenvalue weighted by molar-refractivity contribution is -0.116. The van der Waals surface area contributed by atoms with Gasteiger partial charge in [-0.05, 0) is 42.0 Å². The molecular weight excluding hydrogens is 498 g/mol. The van der Waals surface area contributed by atoms with Gasteiger partial charge in [-0.3, -0.25) is 9.59 Å². The topological polar surface area (TPSA) is 128 Å². The molecular formula is C24H26BrN7O2. The lowest BCUT2D eigenvalue weighted by Gasteiger charge is -2.09. The number of anilines is 2. The van der Waals surface area contributed by atoms with Gasteiger partial charge in [-0.1, -0.05) is 60.7 Å². The number of carbonyl (C=O) groups is 2. The molecule has 2 aromatic heterocycles. The van der Waals surface area contributed by atoms with Crippen molar-refractivity contribution in [2.45, 2.75) is 45.4 Å². The highest BCUT2D eigenvalue weighted by molar-refractivity contribution is 9.10. The van der Waals surface area contributed by atoms with Crippen molar-refractivity contribution in [2.75, 3.05) is 10.6 Å². The molecule has 0 radical (unpaired) electrons. The van der Waals surface area contributed by atoms with Gasteiger partial charge in [-0.25, -0.2) is 0 Å². The van der Waals surface area contributed by atoms with Crippen LogP contribution < -0.4 is 10.6 Å². The molecule has 176 valence electrons. The van der Waals surface area contributed by atoms with E-state index in [0.29, 0.717) is 40.4 Å². The van der Waals surface area contributed by atoms with Crippen molar-refractivity contribution in [1.82, 2.24) is 25.6 Å². The van der Waals surface area contributed by atoms with Crippen LogP contribution in [-0.4, -0.2) is 37.4 Å². The first-order valence-electron chi connectivity index (χ1n) is 11.3. The Morgan fingerprint density at radius 3 is 2.65 bits per heavy atom. The second kappa shape index (κ2) is 11.1. The summed E-state index contributed by atoms with van der Waals surface area (Å²) >= 11 is 3.43. The zero-order valence-corrected chi connectivity index (χ0v) is 20.4. The molecule has 2 heterocycles. The van der Waals surface area contributed by atoms with Gasteiger partial charge in [0, 0.05) is 21.8 Å². The molecule has 0 unspecified atom stereocenters. The molecule has 9 nitrogen and oxygen atoms in total. The third-order valence-corrected chi connectivity index (χ3v) is 5.99. The van der Waals surface area contributed by atoms with E-state index in [4.69, 9.17) is 0 Å². The maximum atomic E-state index is 13.0. The minimum atomic E-state index is -0.323. The molecule has 0 fully saturated rings. The number of carbonyl (C=O) groups excluding carboxylic acids is 2.